The van der Waals surface area contributed by atoms with Crippen molar-refractivity contribution in [3.05, 3.63) is 36.0 Å². The first-order valence-electron chi connectivity index (χ1n) is 12.8. The Morgan fingerprint density at radius 2 is 1.94 bits per heavy atom. The molecule has 8 nitrogen and oxygen atoms in total. The van der Waals surface area contributed by atoms with Crippen molar-refractivity contribution in [2.24, 2.45) is 5.92 Å². The van der Waals surface area contributed by atoms with E-state index in [0.29, 0.717) is 23.3 Å². The molecule has 3 aliphatic rings. The Hall–Kier alpha value is -2.85. The van der Waals surface area contributed by atoms with E-state index in [1.165, 1.54) is 18.6 Å². The lowest BCUT2D eigenvalue weighted by atomic mass is 9.66. The number of nitrogens with zero attached hydrogens (tertiary/aromatic N) is 5. The van der Waals surface area contributed by atoms with Gasteiger partial charge in [0.05, 0.1) is 22.9 Å². The van der Waals surface area contributed by atoms with E-state index in [4.69, 9.17) is 9.97 Å². The minimum atomic E-state index is -2.56. The largest absolute Gasteiger partial charge is 0.390 e. The van der Waals surface area contributed by atoms with Gasteiger partial charge in [0, 0.05) is 30.2 Å². The van der Waals surface area contributed by atoms with Crippen LogP contribution in [0, 0.1) is 5.92 Å². The number of benzene rings is 1. The van der Waals surface area contributed by atoms with Gasteiger partial charge in [0.25, 0.3) is 6.43 Å². The van der Waals surface area contributed by atoms with Crippen molar-refractivity contribution in [2.45, 2.75) is 69.6 Å². The lowest BCUT2D eigenvalue weighted by Gasteiger charge is -2.54. The molecule has 1 aliphatic carbocycles. The van der Waals surface area contributed by atoms with Gasteiger partial charge in [-0.2, -0.15) is 15.1 Å². The number of aromatic nitrogens is 4. The minimum Gasteiger partial charge on any atom is -0.390 e. The number of aliphatic hydroxyl groups is 1. The normalized spacial score (nSPS) is 24.8. The van der Waals surface area contributed by atoms with Crippen LogP contribution in [0.15, 0.2) is 30.5 Å². The second-order valence-electron chi connectivity index (χ2n) is 11.2. The van der Waals surface area contributed by atoms with Crippen molar-refractivity contribution in [1.82, 2.24) is 25.1 Å². The van der Waals surface area contributed by atoms with Crippen LogP contribution < -0.4 is 15.5 Å². The summed E-state index contributed by atoms with van der Waals surface area (Å²) >= 11 is 0. The first-order valence-corrected chi connectivity index (χ1v) is 12.8. The van der Waals surface area contributed by atoms with Gasteiger partial charge in [0.1, 0.15) is 5.82 Å². The van der Waals surface area contributed by atoms with Crippen molar-refractivity contribution in [2.75, 3.05) is 29.9 Å². The Morgan fingerprint density at radius 1 is 1.19 bits per heavy atom. The predicted octanol–water partition coefficient (Wildman–Crippen LogP) is 4.05. The smallest absolute Gasteiger partial charge is 0.263 e. The molecule has 3 N–H and O–H groups in total. The van der Waals surface area contributed by atoms with Crippen LogP contribution >= 0.6 is 0 Å². The molecule has 0 bridgehead atoms. The number of anilines is 2. The molecule has 0 atom stereocenters. The van der Waals surface area contributed by atoms with Gasteiger partial charge in [-0.3, -0.25) is 0 Å². The van der Waals surface area contributed by atoms with E-state index < -0.39 is 12.0 Å². The second kappa shape index (κ2) is 8.62. The minimum absolute atomic E-state index is 0.0507. The molecule has 0 unspecified atom stereocenters. The van der Waals surface area contributed by atoms with Gasteiger partial charge in [-0.05, 0) is 70.5 Å². The summed E-state index contributed by atoms with van der Waals surface area (Å²) in [5.41, 5.74) is 0.650. The van der Waals surface area contributed by atoms with Crippen LogP contribution in [0.5, 0.6) is 0 Å². The first kappa shape index (κ1) is 23.5. The highest BCUT2D eigenvalue weighted by molar-refractivity contribution is 5.89. The van der Waals surface area contributed by atoms with Gasteiger partial charge in [-0.1, -0.05) is 12.1 Å². The fraction of sp³-hybridized carbons (Fsp3) is 0.577. The van der Waals surface area contributed by atoms with Crippen LogP contribution in [0.4, 0.5) is 20.5 Å². The molecule has 2 aliphatic heterocycles. The number of rotatable bonds is 6. The van der Waals surface area contributed by atoms with Gasteiger partial charge in [0.2, 0.25) is 5.95 Å². The lowest BCUT2D eigenvalue weighted by Crippen LogP contribution is -2.67. The van der Waals surface area contributed by atoms with Gasteiger partial charge in [-0.25, -0.2) is 13.5 Å². The van der Waals surface area contributed by atoms with Crippen LogP contribution in [0.2, 0.25) is 0 Å². The zero-order valence-electron chi connectivity index (χ0n) is 20.7. The zero-order valence-corrected chi connectivity index (χ0v) is 20.7. The van der Waals surface area contributed by atoms with E-state index in [1.54, 1.807) is 23.0 Å². The molecule has 0 amide bonds. The Morgan fingerprint density at radius 3 is 2.58 bits per heavy atom. The molecule has 36 heavy (non-hydrogen) atoms. The summed E-state index contributed by atoms with van der Waals surface area (Å²) in [5, 5.41) is 22.9. The van der Waals surface area contributed by atoms with Crippen molar-refractivity contribution >= 4 is 22.8 Å². The molecule has 0 radical (unpaired) electrons. The second-order valence-corrected chi connectivity index (χ2v) is 11.2. The summed E-state index contributed by atoms with van der Waals surface area (Å²) in [4.78, 5) is 12.0. The maximum absolute atomic E-state index is 13.4. The van der Waals surface area contributed by atoms with E-state index in [1.807, 2.05) is 13.8 Å². The van der Waals surface area contributed by atoms with E-state index in [-0.39, 0.29) is 17.0 Å². The van der Waals surface area contributed by atoms with E-state index >= 15 is 0 Å². The van der Waals surface area contributed by atoms with Crippen molar-refractivity contribution in [3.63, 3.8) is 0 Å². The van der Waals surface area contributed by atoms with E-state index in [2.05, 4.69) is 20.6 Å². The summed E-state index contributed by atoms with van der Waals surface area (Å²) in [6, 6.07) is 6.55. The highest BCUT2D eigenvalue weighted by Gasteiger charge is 2.48. The maximum Gasteiger partial charge on any atom is 0.263 e. The number of piperidine rings is 1. The van der Waals surface area contributed by atoms with E-state index in [0.717, 1.165) is 56.5 Å². The molecule has 192 valence electrons. The van der Waals surface area contributed by atoms with Gasteiger partial charge in [0.15, 0.2) is 5.65 Å². The molecule has 3 fully saturated rings. The molecular formula is C26H33F2N7O. The Labute approximate surface area is 209 Å². The Bertz CT molecular complexity index is 1250. The van der Waals surface area contributed by atoms with Crippen molar-refractivity contribution < 1.29 is 13.9 Å². The third-order valence-electron chi connectivity index (χ3n) is 8.28. The summed E-state index contributed by atoms with van der Waals surface area (Å²) in [7, 11) is 0. The van der Waals surface area contributed by atoms with Crippen molar-refractivity contribution in [3.8, 4) is 5.69 Å². The zero-order chi connectivity index (χ0) is 25.1. The van der Waals surface area contributed by atoms with Crippen LogP contribution in [-0.2, 0) is 0 Å². The fourth-order valence-electron chi connectivity index (χ4n) is 5.97. The lowest BCUT2D eigenvalue weighted by molar-refractivity contribution is 0.00647. The summed E-state index contributed by atoms with van der Waals surface area (Å²) in [6.07, 6.45) is 4.17. The third kappa shape index (κ3) is 4.20. The summed E-state index contributed by atoms with van der Waals surface area (Å²) < 4.78 is 28.4. The number of alkyl halides is 2. The van der Waals surface area contributed by atoms with Crippen molar-refractivity contribution in [1.29, 1.82) is 0 Å². The van der Waals surface area contributed by atoms with Gasteiger partial charge < -0.3 is 20.6 Å². The van der Waals surface area contributed by atoms with Gasteiger partial charge in [-0.15, -0.1) is 0 Å². The maximum atomic E-state index is 13.4. The number of halogens is 2. The van der Waals surface area contributed by atoms with E-state index in [9.17, 15) is 13.9 Å². The average Bonchev–Trinajstić information content (AvgIpc) is 3.23. The topological polar surface area (TPSA) is 91.1 Å². The molecule has 1 aromatic carbocycles. The highest BCUT2D eigenvalue weighted by Crippen LogP contribution is 2.41. The molecule has 2 aromatic heterocycles. The number of hydrogen-bond acceptors (Lipinski definition) is 7. The van der Waals surface area contributed by atoms with Gasteiger partial charge >= 0.3 is 0 Å². The van der Waals surface area contributed by atoms with Crippen LogP contribution in [0.25, 0.3) is 16.7 Å². The molecule has 4 heterocycles. The molecule has 3 aromatic rings. The molecule has 1 saturated carbocycles. The SMILES string of the molecule is CC(C)(O)C1CCN(c2nc(N[C@H]3C[C@@]4(CCN4)C3)nc3c2cnn3-c2cccc(C(F)F)c2)CC1. The quantitative estimate of drug-likeness (QED) is 0.473. The third-order valence-corrected chi connectivity index (χ3v) is 8.28. The first-order chi connectivity index (χ1) is 17.2. The molecule has 2 saturated heterocycles. The molecule has 10 heteroatoms. The number of fused-ring (bicyclic) bond motifs is 1. The molecular weight excluding hydrogens is 464 g/mol. The monoisotopic (exact) mass is 497 g/mol. The van der Waals surface area contributed by atoms with Crippen LogP contribution in [0.1, 0.15) is 57.9 Å². The molecule has 6 rings (SSSR count). The van der Waals surface area contributed by atoms with Crippen LogP contribution in [0.3, 0.4) is 0 Å². The fourth-order valence-corrected chi connectivity index (χ4v) is 5.97. The number of nitrogens with one attached hydrogen (secondary N) is 2. The Kier molecular flexibility index (Phi) is 5.64. The highest BCUT2D eigenvalue weighted by atomic mass is 19.3. The molecule has 1 spiro atoms. The predicted molar refractivity (Wildman–Crippen MR) is 135 cm³/mol. The average molecular weight is 498 g/mol. The Balaban J connectivity index is 1.35. The summed E-state index contributed by atoms with van der Waals surface area (Å²) in [6.45, 7) is 6.36. The summed E-state index contributed by atoms with van der Waals surface area (Å²) in [5.74, 6) is 1.56. The van der Waals surface area contributed by atoms with Crippen LogP contribution in [-0.4, -0.2) is 61.7 Å². The standard InChI is InChI=1S/C26H33F2N7O/c1-25(2,36)17-6-10-34(11-7-17)22-20-15-30-35(19-5-3-4-16(12-19)21(27)28)23(20)33-24(32-22)31-18-13-26(14-18)8-9-29-26/h3-5,12,15,17-18,21,29,36H,6-11,13-14H2,1-2H3,(H,31,32,33)/t18-,26-. The number of hydrogen-bond donors (Lipinski definition) is 3.